The highest BCUT2D eigenvalue weighted by Crippen LogP contribution is 2.25. The maximum atomic E-state index is 10.1. The van der Waals surface area contributed by atoms with Crippen LogP contribution in [0.4, 0.5) is 0 Å². The molecule has 2 heterocycles. The Morgan fingerprint density at radius 1 is 1.47 bits per heavy atom. The van der Waals surface area contributed by atoms with Gasteiger partial charge in [0.05, 0.1) is 5.38 Å². The summed E-state index contributed by atoms with van der Waals surface area (Å²) in [6, 6.07) is 5.74. The number of aromatic nitrogens is 2. The van der Waals surface area contributed by atoms with E-state index in [0.29, 0.717) is 6.47 Å². The van der Waals surface area contributed by atoms with E-state index in [1.165, 1.54) is 0 Å². The van der Waals surface area contributed by atoms with Crippen molar-refractivity contribution >= 4 is 18.1 Å². The van der Waals surface area contributed by atoms with E-state index >= 15 is 0 Å². The number of hydrogen-bond acceptors (Lipinski definition) is 3. The Kier molecular flexibility index (Phi) is 3.77. The zero-order valence-corrected chi connectivity index (χ0v) is 9.72. The van der Waals surface area contributed by atoms with Crippen LogP contribution in [-0.4, -0.2) is 23.0 Å². The van der Waals surface area contributed by atoms with Crippen LogP contribution in [0, 0.1) is 0 Å². The average Bonchev–Trinajstić information content (AvgIpc) is 2.86. The Labute approximate surface area is 104 Å². The van der Waals surface area contributed by atoms with Crippen molar-refractivity contribution in [2.45, 2.75) is 5.38 Å². The normalized spacial score (nSPS) is 12.1. The van der Waals surface area contributed by atoms with Crippen molar-refractivity contribution in [2.24, 2.45) is 0 Å². The summed E-state index contributed by atoms with van der Waals surface area (Å²) >= 11 is 6.07. The first kappa shape index (κ1) is 11.7. The van der Waals surface area contributed by atoms with Gasteiger partial charge in [0.25, 0.3) is 6.47 Å². The second-order valence-corrected chi connectivity index (χ2v) is 4.01. The van der Waals surface area contributed by atoms with Crippen molar-refractivity contribution in [2.75, 3.05) is 6.61 Å². The van der Waals surface area contributed by atoms with Crippen molar-refractivity contribution in [1.29, 1.82) is 0 Å². The predicted octanol–water partition coefficient (Wildman–Crippen LogP) is 2.53. The highest BCUT2D eigenvalue weighted by Gasteiger charge is 2.11. The quantitative estimate of drug-likeness (QED) is 0.655. The van der Waals surface area contributed by atoms with Gasteiger partial charge in [-0.1, -0.05) is 0 Å². The molecule has 0 saturated heterocycles. The first-order valence-electron chi connectivity index (χ1n) is 5.09. The van der Waals surface area contributed by atoms with Crippen LogP contribution in [-0.2, 0) is 9.53 Å². The molecule has 2 aromatic rings. The third-order valence-electron chi connectivity index (χ3n) is 2.37. The van der Waals surface area contributed by atoms with Crippen LogP contribution in [0.3, 0.4) is 0 Å². The molecule has 0 radical (unpaired) electrons. The van der Waals surface area contributed by atoms with E-state index in [9.17, 15) is 4.79 Å². The molecule has 0 aliphatic rings. The van der Waals surface area contributed by atoms with E-state index in [1.54, 1.807) is 12.4 Å². The number of carbonyl (C=O) groups excluding carboxylic acids is 1. The Bertz CT molecular complexity index is 484. The maximum Gasteiger partial charge on any atom is 0.293 e. The molecule has 0 aliphatic carbocycles. The van der Waals surface area contributed by atoms with Crippen LogP contribution in [0.2, 0.25) is 0 Å². The van der Waals surface area contributed by atoms with Gasteiger partial charge in [0.15, 0.2) is 0 Å². The number of alkyl halides is 1. The number of nitrogens with one attached hydrogen (secondary N) is 1. The number of aromatic amines is 1. The molecule has 0 aromatic carbocycles. The van der Waals surface area contributed by atoms with Crippen molar-refractivity contribution in [3.8, 4) is 11.3 Å². The minimum absolute atomic E-state index is 0.165. The number of hydrogen-bond donors (Lipinski definition) is 1. The summed E-state index contributed by atoms with van der Waals surface area (Å²) in [5, 5.41) is -0.341. The molecular formula is C12H11ClN2O2. The van der Waals surface area contributed by atoms with E-state index < -0.39 is 0 Å². The highest BCUT2D eigenvalue weighted by molar-refractivity contribution is 6.21. The van der Waals surface area contributed by atoms with E-state index in [0.717, 1.165) is 16.8 Å². The Hall–Kier alpha value is -1.81. The lowest BCUT2D eigenvalue weighted by atomic mass is 10.1. The summed E-state index contributed by atoms with van der Waals surface area (Å²) in [5.41, 5.74) is 2.88. The highest BCUT2D eigenvalue weighted by atomic mass is 35.5. The molecule has 0 saturated carbocycles. The number of halogens is 1. The van der Waals surface area contributed by atoms with Gasteiger partial charge in [-0.05, 0) is 23.8 Å². The van der Waals surface area contributed by atoms with Crippen LogP contribution >= 0.6 is 11.6 Å². The monoisotopic (exact) mass is 250 g/mol. The van der Waals surface area contributed by atoms with Gasteiger partial charge < -0.3 is 9.72 Å². The minimum Gasteiger partial charge on any atom is -0.466 e. The van der Waals surface area contributed by atoms with Crippen molar-refractivity contribution in [1.82, 2.24) is 9.97 Å². The zero-order chi connectivity index (χ0) is 12.1. The molecule has 1 atom stereocenters. The third-order valence-corrected chi connectivity index (χ3v) is 2.75. The molecular weight excluding hydrogens is 240 g/mol. The van der Waals surface area contributed by atoms with Gasteiger partial charge in [-0.25, -0.2) is 0 Å². The molecule has 5 heteroatoms. The number of nitrogens with zero attached hydrogens (tertiary/aromatic N) is 1. The van der Waals surface area contributed by atoms with Crippen LogP contribution in [0.5, 0.6) is 0 Å². The van der Waals surface area contributed by atoms with Gasteiger partial charge in [0.2, 0.25) is 0 Å². The lowest BCUT2D eigenvalue weighted by Gasteiger charge is -2.04. The SMILES string of the molecule is O=COCC(Cl)c1c[nH]c(-c2ccncc2)c1. The predicted molar refractivity (Wildman–Crippen MR) is 64.6 cm³/mol. The molecule has 0 spiro atoms. The summed E-state index contributed by atoms with van der Waals surface area (Å²) in [6.45, 7) is 0.560. The molecule has 0 bridgehead atoms. The van der Waals surface area contributed by atoms with Crippen LogP contribution in [0.1, 0.15) is 10.9 Å². The summed E-state index contributed by atoms with van der Waals surface area (Å²) in [7, 11) is 0. The molecule has 1 unspecified atom stereocenters. The van der Waals surface area contributed by atoms with Gasteiger partial charge in [0, 0.05) is 29.8 Å². The van der Waals surface area contributed by atoms with Crippen LogP contribution in [0.15, 0.2) is 36.8 Å². The molecule has 4 nitrogen and oxygen atoms in total. The Morgan fingerprint density at radius 3 is 2.94 bits per heavy atom. The molecule has 0 fully saturated rings. The van der Waals surface area contributed by atoms with Crippen molar-refractivity contribution in [3.05, 3.63) is 42.4 Å². The van der Waals surface area contributed by atoms with E-state index in [4.69, 9.17) is 11.6 Å². The van der Waals surface area contributed by atoms with Gasteiger partial charge in [-0.3, -0.25) is 9.78 Å². The molecule has 17 heavy (non-hydrogen) atoms. The summed E-state index contributed by atoms with van der Waals surface area (Å²) in [5.74, 6) is 0. The minimum atomic E-state index is -0.341. The zero-order valence-electron chi connectivity index (χ0n) is 8.97. The fraction of sp³-hybridized carbons (Fsp3) is 0.167. The largest absolute Gasteiger partial charge is 0.466 e. The van der Waals surface area contributed by atoms with Crippen LogP contribution < -0.4 is 0 Å². The summed E-state index contributed by atoms with van der Waals surface area (Å²) in [6.07, 6.45) is 5.26. The fourth-order valence-corrected chi connectivity index (χ4v) is 1.71. The average molecular weight is 251 g/mol. The number of pyridine rings is 1. The molecule has 88 valence electrons. The second-order valence-electron chi connectivity index (χ2n) is 3.48. The molecule has 2 rings (SSSR count). The maximum absolute atomic E-state index is 10.1. The fourth-order valence-electron chi connectivity index (χ4n) is 1.51. The molecule has 0 amide bonds. The van der Waals surface area contributed by atoms with Gasteiger partial charge >= 0.3 is 0 Å². The van der Waals surface area contributed by atoms with Gasteiger partial charge in [-0.2, -0.15) is 0 Å². The van der Waals surface area contributed by atoms with E-state index in [2.05, 4.69) is 14.7 Å². The summed E-state index contributed by atoms with van der Waals surface area (Å²) < 4.78 is 4.63. The van der Waals surface area contributed by atoms with Gasteiger partial charge in [0.1, 0.15) is 6.61 Å². The van der Waals surface area contributed by atoms with E-state index in [1.807, 2.05) is 24.4 Å². The summed E-state index contributed by atoms with van der Waals surface area (Å²) in [4.78, 5) is 17.1. The Balaban J connectivity index is 2.13. The van der Waals surface area contributed by atoms with E-state index in [-0.39, 0.29) is 12.0 Å². The van der Waals surface area contributed by atoms with Crippen molar-refractivity contribution in [3.63, 3.8) is 0 Å². The number of rotatable bonds is 5. The smallest absolute Gasteiger partial charge is 0.293 e. The second kappa shape index (κ2) is 5.50. The van der Waals surface area contributed by atoms with Crippen LogP contribution in [0.25, 0.3) is 11.3 Å². The molecule has 2 aromatic heterocycles. The Morgan fingerprint density at radius 2 is 2.24 bits per heavy atom. The third kappa shape index (κ3) is 2.85. The van der Waals surface area contributed by atoms with Gasteiger partial charge in [-0.15, -0.1) is 11.6 Å². The molecule has 1 N–H and O–H groups in total. The van der Waals surface area contributed by atoms with Crippen molar-refractivity contribution < 1.29 is 9.53 Å². The first-order chi connectivity index (χ1) is 8.31. The lowest BCUT2D eigenvalue weighted by molar-refractivity contribution is -0.128. The number of ether oxygens (including phenoxy) is 1. The lowest BCUT2D eigenvalue weighted by Crippen LogP contribution is -1.99. The standard InChI is InChI=1S/C12H11ClN2O2/c13-11(7-17-8-16)10-5-12(15-6-10)9-1-3-14-4-2-9/h1-6,8,11,15H,7H2. The number of H-pyrrole nitrogens is 1. The topological polar surface area (TPSA) is 55.0 Å². The molecule has 0 aliphatic heterocycles. The first-order valence-corrected chi connectivity index (χ1v) is 5.53. The number of carbonyl (C=O) groups is 1.